The van der Waals surface area contributed by atoms with Gasteiger partial charge in [-0.1, -0.05) is 24.3 Å². The van der Waals surface area contributed by atoms with Crippen LogP contribution in [-0.2, 0) is 0 Å². The molecule has 2 rings (SSSR count). The highest BCUT2D eigenvalue weighted by molar-refractivity contribution is 5.93. The average Bonchev–Trinajstić information content (AvgIpc) is 2.37. The van der Waals surface area contributed by atoms with Gasteiger partial charge in [-0.15, -0.1) is 5.10 Å². The summed E-state index contributed by atoms with van der Waals surface area (Å²) in [5, 5.41) is 19.9. The van der Waals surface area contributed by atoms with Crippen molar-refractivity contribution in [2.24, 2.45) is 0 Å². The summed E-state index contributed by atoms with van der Waals surface area (Å²) in [4.78, 5) is 2.08. The number of benzene rings is 1. The summed E-state index contributed by atoms with van der Waals surface area (Å²) in [5.74, 6) is 0.847. The van der Waals surface area contributed by atoms with Gasteiger partial charge in [0.1, 0.15) is 0 Å². The molecule has 0 saturated carbocycles. The lowest BCUT2D eigenvalue weighted by Gasteiger charge is -2.27. The van der Waals surface area contributed by atoms with Gasteiger partial charge in [-0.3, -0.25) is 0 Å². The maximum atomic E-state index is 9.18. The minimum Gasteiger partial charge on any atom is -0.395 e. The van der Waals surface area contributed by atoms with Crippen LogP contribution in [0.3, 0.4) is 0 Å². The minimum atomic E-state index is 0.113. The van der Waals surface area contributed by atoms with Crippen molar-refractivity contribution >= 4 is 16.6 Å². The van der Waals surface area contributed by atoms with Gasteiger partial charge >= 0.3 is 0 Å². The Hall–Kier alpha value is -1.68. The Morgan fingerprint density at radius 2 is 1.83 bits per heavy atom. The third-order valence-electron chi connectivity index (χ3n) is 3.09. The molecule has 0 aliphatic heterocycles. The van der Waals surface area contributed by atoms with Crippen molar-refractivity contribution in [1.82, 2.24) is 10.2 Å². The number of nitrogens with zero attached hydrogens (tertiary/aromatic N) is 3. The Bertz CT molecular complexity index is 540. The van der Waals surface area contributed by atoms with Gasteiger partial charge in [-0.25, -0.2) is 0 Å². The van der Waals surface area contributed by atoms with Crippen LogP contribution in [0.5, 0.6) is 0 Å². The smallest absolute Gasteiger partial charge is 0.159 e. The summed E-state index contributed by atoms with van der Waals surface area (Å²) < 4.78 is 0. The van der Waals surface area contributed by atoms with Crippen LogP contribution in [0.4, 0.5) is 5.82 Å². The summed E-state index contributed by atoms with van der Waals surface area (Å²) in [6.07, 6.45) is 0. The van der Waals surface area contributed by atoms with Crippen molar-refractivity contribution in [3.05, 3.63) is 30.0 Å². The molecule has 0 bridgehead atoms. The monoisotopic (exact) mass is 245 g/mol. The third-order valence-corrected chi connectivity index (χ3v) is 3.09. The summed E-state index contributed by atoms with van der Waals surface area (Å²) in [6, 6.07) is 8.40. The van der Waals surface area contributed by atoms with Crippen LogP contribution in [-0.4, -0.2) is 34.5 Å². The van der Waals surface area contributed by atoms with E-state index < -0.39 is 0 Å². The van der Waals surface area contributed by atoms with Crippen LogP contribution < -0.4 is 4.90 Å². The van der Waals surface area contributed by atoms with Crippen molar-refractivity contribution in [1.29, 1.82) is 0 Å². The first-order valence-corrected chi connectivity index (χ1v) is 6.24. The molecular weight excluding hydrogens is 226 g/mol. The SMILES string of the molecule is Cc1nnc(N(CCO)C(C)C)c2ccccc12. The normalized spacial score (nSPS) is 11.2. The van der Waals surface area contributed by atoms with Gasteiger partial charge in [0.2, 0.25) is 0 Å². The molecule has 1 heterocycles. The fourth-order valence-corrected chi connectivity index (χ4v) is 2.15. The molecule has 1 aromatic heterocycles. The molecule has 0 saturated heterocycles. The number of rotatable bonds is 4. The van der Waals surface area contributed by atoms with E-state index in [1.165, 1.54) is 0 Å². The molecule has 0 aliphatic rings. The topological polar surface area (TPSA) is 49.2 Å². The predicted octanol–water partition coefficient (Wildman–Crippen LogP) is 2.15. The number of aromatic nitrogens is 2. The second kappa shape index (κ2) is 5.31. The number of fused-ring (bicyclic) bond motifs is 1. The molecule has 0 spiro atoms. The number of aliphatic hydroxyl groups excluding tert-OH is 1. The van der Waals surface area contributed by atoms with Gasteiger partial charge in [-0.2, -0.15) is 5.10 Å². The first-order chi connectivity index (χ1) is 8.65. The quantitative estimate of drug-likeness (QED) is 0.896. The second-order valence-electron chi connectivity index (χ2n) is 4.67. The van der Waals surface area contributed by atoms with Gasteiger partial charge < -0.3 is 10.0 Å². The van der Waals surface area contributed by atoms with E-state index in [-0.39, 0.29) is 12.6 Å². The van der Waals surface area contributed by atoms with Crippen molar-refractivity contribution in [2.45, 2.75) is 26.8 Å². The van der Waals surface area contributed by atoms with Crippen molar-refractivity contribution in [3.63, 3.8) is 0 Å². The van der Waals surface area contributed by atoms with Crippen LogP contribution in [0.15, 0.2) is 24.3 Å². The van der Waals surface area contributed by atoms with Crippen molar-refractivity contribution in [2.75, 3.05) is 18.1 Å². The first-order valence-electron chi connectivity index (χ1n) is 6.24. The molecule has 4 heteroatoms. The van der Waals surface area contributed by atoms with Crippen LogP contribution in [0, 0.1) is 6.92 Å². The second-order valence-corrected chi connectivity index (χ2v) is 4.67. The van der Waals surface area contributed by atoms with E-state index in [2.05, 4.69) is 41.1 Å². The van der Waals surface area contributed by atoms with E-state index in [0.717, 1.165) is 22.3 Å². The molecule has 1 aromatic carbocycles. The van der Waals surface area contributed by atoms with Crippen LogP contribution in [0.2, 0.25) is 0 Å². The molecule has 0 amide bonds. The van der Waals surface area contributed by atoms with Gasteiger partial charge in [0.15, 0.2) is 5.82 Å². The molecule has 96 valence electrons. The predicted molar refractivity (Wildman–Crippen MR) is 73.8 cm³/mol. The molecule has 2 aromatic rings. The van der Waals surface area contributed by atoms with Gasteiger partial charge in [-0.05, 0) is 20.8 Å². The number of hydrogen-bond acceptors (Lipinski definition) is 4. The lowest BCUT2D eigenvalue weighted by Crippen LogP contribution is -2.34. The minimum absolute atomic E-state index is 0.113. The number of hydrogen-bond donors (Lipinski definition) is 1. The molecule has 0 atom stereocenters. The molecular formula is C14H19N3O. The molecule has 18 heavy (non-hydrogen) atoms. The molecule has 4 nitrogen and oxygen atoms in total. The van der Waals surface area contributed by atoms with E-state index in [0.29, 0.717) is 6.54 Å². The summed E-state index contributed by atoms with van der Waals surface area (Å²) in [5.41, 5.74) is 0.932. The largest absolute Gasteiger partial charge is 0.395 e. The number of anilines is 1. The first kappa shape index (κ1) is 12.8. The van der Waals surface area contributed by atoms with Gasteiger partial charge in [0.05, 0.1) is 12.3 Å². The Balaban J connectivity index is 2.59. The highest BCUT2D eigenvalue weighted by Gasteiger charge is 2.15. The maximum Gasteiger partial charge on any atom is 0.159 e. The highest BCUT2D eigenvalue weighted by atomic mass is 16.3. The van der Waals surface area contributed by atoms with Crippen molar-refractivity contribution < 1.29 is 5.11 Å². The lowest BCUT2D eigenvalue weighted by molar-refractivity contribution is 0.298. The maximum absolute atomic E-state index is 9.18. The van der Waals surface area contributed by atoms with E-state index in [4.69, 9.17) is 0 Å². The highest BCUT2D eigenvalue weighted by Crippen LogP contribution is 2.26. The summed E-state index contributed by atoms with van der Waals surface area (Å²) in [7, 11) is 0. The zero-order valence-corrected chi connectivity index (χ0v) is 11.1. The van der Waals surface area contributed by atoms with Crippen LogP contribution in [0.25, 0.3) is 10.8 Å². The van der Waals surface area contributed by atoms with E-state index >= 15 is 0 Å². The Morgan fingerprint density at radius 3 is 2.44 bits per heavy atom. The summed E-state index contributed by atoms with van der Waals surface area (Å²) in [6.45, 7) is 6.82. The fraction of sp³-hybridized carbons (Fsp3) is 0.429. The zero-order chi connectivity index (χ0) is 13.1. The molecule has 1 N–H and O–H groups in total. The van der Waals surface area contributed by atoms with Crippen LogP contribution >= 0.6 is 0 Å². The van der Waals surface area contributed by atoms with E-state index in [1.807, 2.05) is 19.1 Å². The molecule has 0 fully saturated rings. The van der Waals surface area contributed by atoms with E-state index in [9.17, 15) is 5.11 Å². The van der Waals surface area contributed by atoms with Crippen LogP contribution in [0.1, 0.15) is 19.5 Å². The Morgan fingerprint density at radius 1 is 1.17 bits per heavy atom. The van der Waals surface area contributed by atoms with Gasteiger partial charge in [0.25, 0.3) is 0 Å². The standard InChI is InChI=1S/C14H19N3O/c1-10(2)17(8-9-18)14-13-7-5-4-6-12(13)11(3)15-16-14/h4-7,10,18H,8-9H2,1-3H3. The Labute approximate surface area is 107 Å². The van der Waals surface area contributed by atoms with E-state index in [1.54, 1.807) is 0 Å². The zero-order valence-electron chi connectivity index (χ0n) is 11.1. The van der Waals surface area contributed by atoms with Crippen molar-refractivity contribution in [3.8, 4) is 0 Å². The third kappa shape index (κ3) is 2.29. The molecule has 0 radical (unpaired) electrons. The molecule has 0 unspecified atom stereocenters. The number of aryl methyl sites for hydroxylation is 1. The average molecular weight is 245 g/mol. The lowest BCUT2D eigenvalue weighted by atomic mass is 10.1. The Kier molecular flexibility index (Phi) is 3.77. The number of aliphatic hydroxyl groups is 1. The fourth-order valence-electron chi connectivity index (χ4n) is 2.15. The summed E-state index contributed by atoms with van der Waals surface area (Å²) >= 11 is 0. The van der Waals surface area contributed by atoms with Gasteiger partial charge in [0, 0.05) is 23.4 Å². The molecule has 0 aliphatic carbocycles.